The molecule has 0 saturated carbocycles. The van der Waals surface area contributed by atoms with Gasteiger partial charge in [-0.3, -0.25) is 0 Å². The third kappa shape index (κ3) is 2.98. The van der Waals surface area contributed by atoms with Crippen molar-refractivity contribution in [3.05, 3.63) is 63.6 Å². The summed E-state index contributed by atoms with van der Waals surface area (Å²) in [6.07, 6.45) is 0.365. The predicted molar refractivity (Wildman–Crippen MR) is 86.4 cm³/mol. The third-order valence-corrected chi connectivity index (χ3v) is 4.57. The van der Waals surface area contributed by atoms with Crippen LogP contribution in [0.25, 0.3) is 0 Å². The van der Waals surface area contributed by atoms with E-state index in [-0.39, 0.29) is 12.1 Å². The lowest BCUT2D eigenvalue weighted by molar-refractivity contribution is 0.140. The van der Waals surface area contributed by atoms with Crippen LogP contribution in [0, 0.1) is 0 Å². The molecule has 0 spiro atoms. The maximum Gasteiger partial charge on any atom is 0.133 e. The van der Waals surface area contributed by atoms with E-state index < -0.39 is 0 Å². The number of ether oxygens (including phenoxy) is 1. The highest BCUT2D eigenvalue weighted by Crippen LogP contribution is 2.32. The van der Waals surface area contributed by atoms with Crippen LogP contribution in [0.15, 0.2) is 46.9 Å². The van der Waals surface area contributed by atoms with Crippen LogP contribution in [0.3, 0.4) is 0 Å². The third-order valence-electron chi connectivity index (χ3n) is 3.95. The molecule has 1 aliphatic rings. The summed E-state index contributed by atoms with van der Waals surface area (Å²) in [6, 6.07) is 14.2. The first-order valence-corrected chi connectivity index (χ1v) is 7.80. The first-order valence-electron chi connectivity index (χ1n) is 7.00. The van der Waals surface area contributed by atoms with Gasteiger partial charge in [-0.2, -0.15) is 0 Å². The zero-order valence-corrected chi connectivity index (χ0v) is 13.4. The smallest absolute Gasteiger partial charge is 0.133 e. The number of hydrogen-bond acceptors (Lipinski definition) is 3. The van der Waals surface area contributed by atoms with Crippen LogP contribution in [-0.4, -0.2) is 18.3 Å². The van der Waals surface area contributed by atoms with Crippen molar-refractivity contribution in [2.45, 2.75) is 25.1 Å². The number of halogens is 1. The summed E-state index contributed by atoms with van der Waals surface area (Å²) < 4.78 is 6.18. The van der Waals surface area contributed by atoms with Gasteiger partial charge in [-0.25, -0.2) is 0 Å². The fourth-order valence-corrected chi connectivity index (χ4v) is 3.46. The minimum Gasteiger partial charge on any atom is -0.496 e. The Balaban J connectivity index is 1.72. The van der Waals surface area contributed by atoms with E-state index in [1.807, 2.05) is 30.3 Å². The van der Waals surface area contributed by atoms with E-state index in [2.05, 4.69) is 33.4 Å². The molecular formula is C17H18BrNO2. The van der Waals surface area contributed by atoms with Crippen LogP contribution < -0.4 is 10.1 Å². The Kier molecular flexibility index (Phi) is 4.29. The molecule has 3 nitrogen and oxygen atoms in total. The monoisotopic (exact) mass is 347 g/mol. The number of benzene rings is 2. The highest BCUT2D eigenvalue weighted by atomic mass is 79.9. The molecule has 0 amide bonds. The predicted octanol–water partition coefficient (Wildman–Crippen LogP) is 3.21. The molecule has 0 aliphatic heterocycles. The quantitative estimate of drug-likeness (QED) is 0.892. The molecule has 3 rings (SSSR count). The summed E-state index contributed by atoms with van der Waals surface area (Å²) in [5, 5.41) is 13.7. The normalized spacial score (nSPS) is 20.3. The van der Waals surface area contributed by atoms with Crippen molar-refractivity contribution < 1.29 is 9.84 Å². The zero-order chi connectivity index (χ0) is 14.8. The molecule has 0 fully saturated rings. The highest BCUT2D eigenvalue weighted by Gasteiger charge is 2.30. The van der Waals surface area contributed by atoms with Crippen LogP contribution in [0.4, 0.5) is 0 Å². The summed E-state index contributed by atoms with van der Waals surface area (Å²) in [5.74, 6) is 0.824. The molecule has 0 aromatic heterocycles. The maximum absolute atomic E-state index is 10.2. The summed E-state index contributed by atoms with van der Waals surface area (Å²) in [6.45, 7) is 0.707. The molecule has 2 atom stereocenters. The van der Waals surface area contributed by atoms with Gasteiger partial charge < -0.3 is 15.2 Å². The molecule has 110 valence electrons. The lowest BCUT2D eigenvalue weighted by Gasteiger charge is -2.18. The number of aliphatic hydroxyl groups is 1. The molecule has 0 saturated heterocycles. The number of hydrogen-bond donors (Lipinski definition) is 2. The molecular weight excluding hydrogens is 330 g/mol. The van der Waals surface area contributed by atoms with Crippen molar-refractivity contribution >= 4 is 15.9 Å². The first kappa shape index (κ1) is 14.6. The van der Waals surface area contributed by atoms with Gasteiger partial charge in [-0.1, -0.05) is 30.3 Å². The molecule has 0 bridgehead atoms. The maximum atomic E-state index is 10.2. The van der Waals surface area contributed by atoms with Crippen molar-refractivity contribution in [1.82, 2.24) is 5.32 Å². The van der Waals surface area contributed by atoms with Gasteiger partial charge in [-0.15, -0.1) is 0 Å². The van der Waals surface area contributed by atoms with Gasteiger partial charge in [0.15, 0.2) is 0 Å². The molecule has 0 radical (unpaired) electrons. The van der Waals surface area contributed by atoms with Crippen LogP contribution in [0.1, 0.15) is 22.7 Å². The Labute approximate surface area is 133 Å². The molecule has 21 heavy (non-hydrogen) atoms. The van der Waals surface area contributed by atoms with Gasteiger partial charge in [0.1, 0.15) is 5.75 Å². The summed E-state index contributed by atoms with van der Waals surface area (Å²) in [4.78, 5) is 0. The van der Waals surface area contributed by atoms with E-state index in [4.69, 9.17) is 4.74 Å². The van der Waals surface area contributed by atoms with Crippen LogP contribution >= 0.6 is 15.9 Å². The minimum absolute atomic E-state index is 0.00192. The number of methoxy groups -OCH3 is 1. The summed E-state index contributed by atoms with van der Waals surface area (Å²) in [5.41, 5.74) is 3.59. The van der Waals surface area contributed by atoms with Gasteiger partial charge in [-0.05, 0) is 44.8 Å². The van der Waals surface area contributed by atoms with Crippen molar-refractivity contribution in [3.8, 4) is 5.75 Å². The largest absolute Gasteiger partial charge is 0.496 e. The van der Waals surface area contributed by atoms with Gasteiger partial charge in [0.2, 0.25) is 0 Å². The molecule has 0 heterocycles. The molecule has 0 unspecified atom stereocenters. The van der Waals surface area contributed by atoms with Gasteiger partial charge in [0, 0.05) is 13.0 Å². The van der Waals surface area contributed by atoms with E-state index >= 15 is 0 Å². The second-order valence-electron chi connectivity index (χ2n) is 5.30. The Morgan fingerprint density at radius 3 is 2.86 bits per heavy atom. The van der Waals surface area contributed by atoms with Gasteiger partial charge >= 0.3 is 0 Å². The van der Waals surface area contributed by atoms with Crippen LogP contribution in [-0.2, 0) is 13.0 Å². The van der Waals surface area contributed by atoms with Crippen molar-refractivity contribution in [1.29, 1.82) is 0 Å². The fourth-order valence-electron chi connectivity index (χ4n) is 2.87. The van der Waals surface area contributed by atoms with Gasteiger partial charge in [0.25, 0.3) is 0 Å². The van der Waals surface area contributed by atoms with E-state index in [1.54, 1.807) is 7.11 Å². The van der Waals surface area contributed by atoms with E-state index in [9.17, 15) is 5.11 Å². The number of rotatable bonds is 4. The van der Waals surface area contributed by atoms with Crippen LogP contribution in [0.5, 0.6) is 5.75 Å². The van der Waals surface area contributed by atoms with E-state index in [0.717, 1.165) is 22.2 Å². The molecule has 1 aliphatic carbocycles. The van der Waals surface area contributed by atoms with Crippen LogP contribution in [0.2, 0.25) is 0 Å². The average Bonchev–Trinajstić information content (AvgIpc) is 2.81. The van der Waals surface area contributed by atoms with Gasteiger partial charge in [0.05, 0.1) is 23.7 Å². The molecule has 2 aromatic carbocycles. The average molecular weight is 348 g/mol. The van der Waals surface area contributed by atoms with Crippen molar-refractivity contribution in [2.24, 2.45) is 0 Å². The van der Waals surface area contributed by atoms with E-state index in [1.165, 1.54) is 11.1 Å². The SMILES string of the molecule is COc1ccc(CN[C@@H]2c3ccccc3C[C@@H]2O)cc1Br. The highest BCUT2D eigenvalue weighted by molar-refractivity contribution is 9.10. The Bertz CT molecular complexity index is 644. The summed E-state index contributed by atoms with van der Waals surface area (Å²) >= 11 is 3.50. The van der Waals surface area contributed by atoms with Crippen molar-refractivity contribution in [3.63, 3.8) is 0 Å². The Morgan fingerprint density at radius 1 is 1.29 bits per heavy atom. The zero-order valence-electron chi connectivity index (χ0n) is 11.8. The summed E-state index contributed by atoms with van der Waals surface area (Å²) in [7, 11) is 1.66. The molecule has 2 N–H and O–H groups in total. The Morgan fingerprint density at radius 2 is 2.10 bits per heavy atom. The topological polar surface area (TPSA) is 41.5 Å². The fraction of sp³-hybridized carbons (Fsp3) is 0.294. The number of nitrogens with one attached hydrogen (secondary N) is 1. The second-order valence-corrected chi connectivity index (χ2v) is 6.15. The molecule has 2 aromatic rings. The number of aliphatic hydroxyl groups excluding tert-OH is 1. The molecule has 4 heteroatoms. The second kappa shape index (κ2) is 6.18. The van der Waals surface area contributed by atoms with Crippen molar-refractivity contribution in [2.75, 3.05) is 7.11 Å². The standard InChI is InChI=1S/C17H18BrNO2/c1-21-16-7-6-11(8-14(16)18)10-19-17-13-5-3-2-4-12(13)9-15(17)20/h2-8,15,17,19-20H,9-10H2,1H3/t15-,17+/m0/s1. The lowest BCUT2D eigenvalue weighted by atomic mass is 10.1. The lowest BCUT2D eigenvalue weighted by Crippen LogP contribution is -2.28. The van der Waals surface area contributed by atoms with E-state index in [0.29, 0.717) is 6.54 Å². The number of fused-ring (bicyclic) bond motifs is 1. The first-order chi connectivity index (χ1) is 10.2. The Hall–Kier alpha value is -1.36. The minimum atomic E-state index is -0.357.